The Labute approximate surface area is 204 Å². The lowest BCUT2D eigenvalue weighted by molar-refractivity contribution is -0.135. The average Bonchev–Trinajstić information content (AvgIpc) is 2.84. The van der Waals surface area contributed by atoms with E-state index in [0.717, 1.165) is 19.3 Å². The molecule has 1 aliphatic rings. The van der Waals surface area contributed by atoms with Crippen LogP contribution < -0.4 is 10.6 Å². The van der Waals surface area contributed by atoms with Crippen LogP contribution in [-0.4, -0.2) is 71.6 Å². The molecule has 10 heteroatoms. The Hall–Kier alpha value is -3.46. The van der Waals surface area contributed by atoms with E-state index in [9.17, 15) is 14.4 Å². The second-order valence-electron chi connectivity index (χ2n) is 8.35. The Morgan fingerprint density at radius 1 is 1.06 bits per heavy atom. The molecular formula is C24H29ClN6O3. The fourth-order valence-electron chi connectivity index (χ4n) is 3.64. The summed E-state index contributed by atoms with van der Waals surface area (Å²) in [6.07, 6.45) is 4.03. The molecule has 0 aliphatic carbocycles. The Kier molecular flexibility index (Phi) is 8.59. The van der Waals surface area contributed by atoms with Crippen molar-refractivity contribution < 1.29 is 14.4 Å². The monoisotopic (exact) mass is 484 g/mol. The quantitative estimate of drug-likeness (QED) is 0.412. The summed E-state index contributed by atoms with van der Waals surface area (Å²) in [6.45, 7) is 1.21. The molecule has 0 spiro atoms. The maximum Gasteiger partial charge on any atom is 0.251 e. The highest BCUT2D eigenvalue weighted by atomic mass is 35.5. The first-order valence-electron chi connectivity index (χ1n) is 11.1. The first-order chi connectivity index (χ1) is 16.2. The van der Waals surface area contributed by atoms with E-state index in [2.05, 4.69) is 15.6 Å². The molecule has 3 N–H and O–H groups in total. The third-order valence-electron chi connectivity index (χ3n) is 5.52. The summed E-state index contributed by atoms with van der Waals surface area (Å²) >= 11 is 5.83. The Morgan fingerprint density at radius 2 is 1.71 bits per heavy atom. The molecule has 0 bridgehead atoms. The molecule has 1 aromatic carbocycles. The van der Waals surface area contributed by atoms with Gasteiger partial charge in [0.05, 0.1) is 11.4 Å². The van der Waals surface area contributed by atoms with Crippen LogP contribution in [0.2, 0.25) is 5.02 Å². The molecule has 1 aromatic heterocycles. The Bertz CT molecular complexity index is 1030. The van der Waals surface area contributed by atoms with Gasteiger partial charge in [-0.2, -0.15) is 0 Å². The number of carbonyl (C=O) groups excluding carboxylic acids is 3. The van der Waals surface area contributed by atoms with E-state index in [1.54, 1.807) is 60.3 Å². The molecule has 180 valence electrons. The van der Waals surface area contributed by atoms with Crippen LogP contribution in [0.15, 0.2) is 42.6 Å². The van der Waals surface area contributed by atoms with Crippen molar-refractivity contribution in [3.8, 4) is 0 Å². The number of benzene rings is 1. The third-order valence-corrected chi connectivity index (χ3v) is 5.75. The molecule has 9 nitrogen and oxygen atoms in total. The molecule has 3 rings (SSSR count). The fraction of sp³-hybridized carbons (Fsp3) is 0.375. The van der Waals surface area contributed by atoms with Gasteiger partial charge < -0.3 is 20.4 Å². The topological polar surface area (TPSA) is 118 Å². The second kappa shape index (κ2) is 11.6. The minimum Gasteiger partial charge on any atom is -0.363 e. The summed E-state index contributed by atoms with van der Waals surface area (Å²) in [7, 11) is 3.54. The zero-order chi connectivity index (χ0) is 24.7. The highest BCUT2D eigenvalue weighted by Gasteiger charge is 2.29. The summed E-state index contributed by atoms with van der Waals surface area (Å²) in [5.41, 5.74) is 1.00. The van der Waals surface area contributed by atoms with Gasteiger partial charge in [0.25, 0.3) is 5.91 Å². The molecule has 3 amide bonds. The summed E-state index contributed by atoms with van der Waals surface area (Å²) in [5, 5.41) is 13.9. The van der Waals surface area contributed by atoms with Crippen LogP contribution in [0.25, 0.3) is 0 Å². The molecule has 1 atom stereocenters. The SMILES string of the molecule is CN(C)C(=N)c1ccc(C(=O)N[C@H](CC(=O)Nc2ccc(Cl)cn2)C(=O)N2CCCCC2)cc1. The molecule has 1 saturated heterocycles. The molecule has 0 unspecified atom stereocenters. The molecule has 0 radical (unpaired) electrons. The van der Waals surface area contributed by atoms with Crippen molar-refractivity contribution in [3.63, 3.8) is 0 Å². The van der Waals surface area contributed by atoms with E-state index >= 15 is 0 Å². The standard InChI is InChI=1S/C24H29ClN6O3/c1-30(2)22(26)16-6-8-17(9-7-16)23(33)28-19(24(34)31-12-4-3-5-13-31)14-21(32)29-20-11-10-18(25)15-27-20/h6-11,15,19,26H,3-5,12-14H2,1-2H3,(H,28,33)(H,27,29,32)/t19-/m1/s1. The largest absolute Gasteiger partial charge is 0.363 e. The molecule has 1 fully saturated rings. The number of hydrogen-bond donors (Lipinski definition) is 3. The Morgan fingerprint density at radius 3 is 2.29 bits per heavy atom. The zero-order valence-corrected chi connectivity index (χ0v) is 20.1. The van der Waals surface area contributed by atoms with Crippen molar-refractivity contribution in [1.82, 2.24) is 20.1 Å². The van der Waals surface area contributed by atoms with Crippen molar-refractivity contribution >= 4 is 41.0 Å². The van der Waals surface area contributed by atoms with Crippen LogP contribution in [0.4, 0.5) is 5.82 Å². The number of anilines is 1. The number of amides is 3. The van der Waals surface area contributed by atoms with Gasteiger partial charge in [0, 0.05) is 44.5 Å². The zero-order valence-electron chi connectivity index (χ0n) is 19.3. The van der Waals surface area contributed by atoms with Gasteiger partial charge >= 0.3 is 0 Å². The number of aromatic nitrogens is 1. The maximum absolute atomic E-state index is 13.2. The lowest BCUT2D eigenvalue weighted by atomic mass is 10.1. The van der Waals surface area contributed by atoms with Crippen molar-refractivity contribution in [2.45, 2.75) is 31.7 Å². The number of pyridine rings is 1. The number of halogens is 1. The minimum absolute atomic E-state index is 0.227. The van der Waals surface area contributed by atoms with E-state index in [-0.39, 0.29) is 12.3 Å². The number of carbonyl (C=O) groups is 3. The normalized spacial score (nSPS) is 14.1. The van der Waals surface area contributed by atoms with Crippen molar-refractivity contribution in [2.75, 3.05) is 32.5 Å². The highest BCUT2D eigenvalue weighted by molar-refractivity contribution is 6.30. The van der Waals surface area contributed by atoms with Crippen molar-refractivity contribution in [1.29, 1.82) is 5.41 Å². The predicted octanol–water partition coefficient (Wildman–Crippen LogP) is 2.76. The van der Waals surface area contributed by atoms with Gasteiger partial charge in [-0.3, -0.25) is 19.8 Å². The van der Waals surface area contributed by atoms with Gasteiger partial charge in [0.1, 0.15) is 17.7 Å². The molecule has 2 heterocycles. The molecular weight excluding hydrogens is 456 g/mol. The highest BCUT2D eigenvalue weighted by Crippen LogP contribution is 2.14. The smallest absolute Gasteiger partial charge is 0.251 e. The number of nitrogens with one attached hydrogen (secondary N) is 3. The summed E-state index contributed by atoms with van der Waals surface area (Å²) in [4.78, 5) is 46.2. The minimum atomic E-state index is -1.02. The number of likely N-dealkylation sites (tertiary alicyclic amines) is 1. The van der Waals surface area contributed by atoms with E-state index in [1.165, 1.54) is 6.20 Å². The van der Waals surface area contributed by atoms with Gasteiger partial charge in [-0.15, -0.1) is 0 Å². The molecule has 34 heavy (non-hydrogen) atoms. The lowest BCUT2D eigenvalue weighted by Crippen LogP contribution is -2.51. The van der Waals surface area contributed by atoms with Crippen LogP contribution in [0.5, 0.6) is 0 Å². The van der Waals surface area contributed by atoms with E-state index < -0.39 is 17.9 Å². The van der Waals surface area contributed by atoms with E-state index in [0.29, 0.717) is 40.9 Å². The van der Waals surface area contributed by atoms with Gasteiger partial charge in [-0.05, 0) is 43.5 Å². The van der Waals surface area contributed by atoms with Crippen LogP contribution in [0.1, 0.15) is 41.6 Å². The number of nitrogens with zero attached hydrogens (tertiary/aromatic N) is 3. The second-order valence-corrected chi connectivity index (χ2v) is 8.78. The van der Waals surface area contributed by atoms with E-state index in [4.69, 9.17) is 17.0 Å². The summed E-state index contributed by atoms with van der Waals surface area (Å²) < 4.78 is 0. The van der Waals surface area contributed by atoms with Gasteiger partial charge in [0.15, 0.2) is 0 Å². The fourth-order valence-corrected chi connectivity index (χ4v) is 3.75. The first kappa shape index (κ1) is 25.2. The van der Waals surface area contributed by atoms with Crippen LogP contribution in [-0.2, 0) is 9.59 Å². The third kappa shape index (κ3) is 6.77. The number of piperidine rings is 1. The molecule has 2 aromatic rings. The molecule has 0 saturated carbocycles. The first-order valence-corrected chi connectivity index (χ1v) is 11.5. The van der Waals surface area contributed by atoms with Crippen LogP contribution in [0.3, 0.4) is 0 Å². The molecule has 1 aliphatic heterocycles. The maximum atomic E-state index is 13.2. The Balaban J connectivity index is 1.72. The lowest BCUT2D eigenvalue weighted by Gasteiger charge is -2.30. The van der Waals surface area contributed by atoms with Gasteiger partial charge in [-0.1, -0.05) is 23.7 Å². The van der Waals surface area contributed by atoms with Crippen molar-refractivity contribution in [2.24, 2.45) is 0 Å². The summed E-state index contributed by atoms with van der Waals surface area (Å²) in [5.74, 6) is -0.560. The number of hydrogen-bond acceptors (Lipinski definition) is 5. The van der Waals surface area contributed by atoms with E-state index in [1.807, 2.05) is 0 Å². The van der Waals surface area contributed by atoms with Gasteiger partial charge in [-0.25, -0.2) is 4.98 Å². The number of amidine groups is 1. The summed E-state index contributed by atoms with van der Waals surface area (Å²) in [6, 6.07) is 8.70. The van der Waals surface area contributed by atoms with Crippen LogP contribution in [0, 0.1) is 5.41 Å². The van der Waals surface area contributed by atoms with Crippen molar-refractivity contribution in [3.05, 3.63) is 58.7 Å². The average molecular weight is 485 g/mol. The van der Waals surface area contributed by atoms with Gasteiger partial charge in [0.2, 0.25) is 11.8 Å². The number of rotatable bonds is 7. The van der Waals surface area contributed by atoms with Crippen LogP contribution >= 0.6 is 11.6 Å². The predicted molar refractivity (Wildman–Crippen MR) is 131 cm³/mol.